The summed E-state index contributed by atoms with van der Waals surface area (Å²) in [6.45, 7) is 1.36. The number of phenolic OH excluding ortho intramolecular Hbond substituents is 1. The number of anilines is 1. The van der Waals surface area contributed by atoms with Gasteiger partial charge in [0, 0.05) is 5.92 Å². The van der Waals surface area contributed by atoms with Gasteiger partial charge in [-0.3, -0.25) is 14.5 Å². The van der Waals surface area contributed by atoms with Crippen LogP contribution < -0.4 is 10.4 Å². The first-order valence-corrected chi connectivity index (χ1v) is 14.2. The molecule has 0 unspecified atom stereocenters. The molecule has 2 aliphatic rings. The second-order valence-electron chi connectivity index (χ2n) is 11.1. The van der Waals surface area contributed by atoms with Crippen LogP contribution in [0.2, 0.25) is 0 Å². The molecule has 0 radical (unpaired) electrons. The molecule has 4 atom stereocenters. The average molecular weight is 585 g/mol. The monoisotopic (exact) mass is 585 g/mol. The number of phenols is 1. The quantitative estimate of drug-likeness (QED) is 0.113. The predicted octanol–water partition coefficient (Wildman–Crippen LogP) is 3.03. The summed E-state index contributed by atoms with van der Waals surface area (Å²) in [5.41, 5.74) is 3.86. The van der Waals surface area contributed by atoms with Crippen molar-refractivity contribution in [3.63, 3.8) is 0 Å². The van der Waals surface area contributed by atoms with Gasteiger partial charge in [0.25, 0.3) is 0 Å². The van der Waals surface area contributed by atoms with Crippen LogP contribution in [0.4, 0.5) is 10.1 Å². The van der Waals surface area contributed by atoms with Crippen molar-refractivity contribution in [2.75, 3.05) is 11.5 Å². The number of halogens is 1. The van der Waals surface area contributed by atoms with E-state index in [9.17, 15) is 39.3 Å². The Kier molecular flexibility index (Phi) is 8.93. The van der Waals surface area contributed by atoms with Crippen molar-refractivity contribution in [1.82, 2.24) is 0 Å². The third kappa shape index (κ3) is 6.05. The molecular formula is C33H33BFNO7. The van der Waals surface area contributed by atoms with Gasteiger partial charge in [0.05, 0.1) is 30.2 Å². The van der Waals surface area contributed by atoms with Crippen molar-refractivity contribution >= 4 is 41.7 Å². The fourth-order valence-electron chi connectivity index (χ4n) is 6.41. The van der Waals surface area contributed by atoms with Crippen molar-refractivity contribution in [2.24, 2.45) is 17.8 Å². The number of carbonyl (C=O) groups excluding carboxylic acids is 2. The van der Waals surface area contributed by atoms with Gasteiger partial charge in [-0.05, 0) is 78.2 Å². The molecule has 3 aromatic carbocycles. The van der Waals surface area contributed by atoms with Gasteiger partial charge in [-0.15, -0.1) is 0 Å². The number of rotatable bonds is 9. The first-order valence-electron chi connectivity index (χ1n) is 14.2. The maximum absolute atomic E-state index is 14.0. The minimum Gasteiger partial charge on any atom is -0.505 e. The molecule has 8 nitrogen and oxygen atoms in total. The molecule has 43 heavy (non-hydrogen) atoms. The normalized spacial score (nSPS) is 21.3. The molecule has 2 amide bonds. The van der Waals surface area contributed by atoms with E-state index < -0.39 is 61.0 Å². The lowest BCUT2D eigenvalue weighted by molar-refractivity contribution is -0.123. The Hall–Kier alpha value is -4.09. The number of fused-ring (bicyclic) bond motifs is 1. The number of carbonyl (C=O) groups is 2. The molecule has 0 bridgehead atoms. The Morgan fingerprint density at radius 1 is 1.05 bits per heavy atom. The molecule has 1 saturated heterocycles. The number of aliphatic hydroxyl groups excluding tert-OH is 2. The van der Waals surface area contributed by atoms with E-state index in [4.69, 9.17) is 0 Å². The lowest BCUT2D eigenvalue weighted by Gasteiger charge is -2.35. The maximum Gasteiger partial charge on any atom is 0.488 e. The van der Waals surface area contributed by atoms with E-state index in [1.165, 1.54) is 30.3 Å². The summed E-state index contributed by atoms with van der Waals surface area (Å²) >= 11 is 0. The molecule has 5 rings (SSSR count). The zero-order valence-corrected chi connectivity index (χ0v) is 23.6. The van der Waals surface area contributed by atoms with E-state index in [1.54, 1.807) is 25.1 Å². The van der Waals surface area contributed by atoms with Crippen LogP contribution in [0.5, 0.6) is 5.75 Å². The van der Waals surface area contributed by atoms with Gasteiger partial charge >= 0.3 is 7.12 Å². The first kappa shape index (κ1) is 30.4. The maximum atomic E-state index is 14.0. The molecule has 10 heteroatoms. The van der Waals surface area contributed by atoms with Crippen LogP contribution in [0.3, 0.4) is 0 Å². The summed E-state index contributed by atoms with van der Waals surface area (Å²) in [6.07, 6.45) is 1.63. The van der Waals surface area contributed by atoms with Crippen molar-refractivity contribution in [3.8, 4) is 5.75 Å². The summed E-state index contributed by atoms with van der Waals surface area (Å²) in [6, 6.07) is 19.5. The number of imide groups is 1. The summed E-state index contributed by atoms with van der Waals surface area (Å²) < 4.78 is 14.0. The van der Waals surface area contributed by atoms with Crippen LogP contribution in [0.1, 0.15) is 37.3 Å². The van der Waals surface area contributed by atoms with Crippen molar-refractivity contribution < 1.29 is 39.3 Å². The van der Waals surface area contributed by atoms with Crippen molar-refractivity contribution in [2.45, 2.75) is 32.3 Å². The lowest BCUT2D eigenvalue weighted by Crippen LogP contribution is -2.39. The van der Waals surface area contributed by atoms with Crippen molar-refractivity contribution in [1.29, 1.82) is 0 Å². The van der Waals surface area contributed by atoms with E-state index in [-0.39, 0.29) is 24.0 Å². The highest BCUT2D eigenvalue weighted by atomic mass is 19.1. The van der Waals surface area contributed by atoms with Gasteiger partial charge in [0.15, 0.2) is 11.6 Å². The number of allylic oxidation sites excluding steroid dienone is 2. The fraction of sp³-hybridized carbons (Fsp3) is 0.273. The molecule has 3 aromatic rings. The summed E-state index contributed by atoms with van der Waals surface area (Å²) in [4.78, 5) is 28.2. The molecular weight excluding hydrogens is 552 g/mol. The second-order valence-corrected chi connectivity index (χ2v) is 11.1. The highest BCUT2D eigenvalue weighted by molar-refractivity contribution is 6.58. The number of nitrogens with zero attached hydrogens (tertiary/aromatic N) is 1. The smallest absolute Gasteiger partial charge is 0.488 e. The van der Waals surface area contributed by atoms with Gasteiger partial charge < -0.3 is 25.4 Å². The minimum atomic E-state index is -1.77. The molecule has 5 N–H and O–H groups in total. The second kappa shape index (κ2) is 12.6. The molecule has 0 saturated carbocycles. The van der Waals surface area contributed by atoms with E-state index in [0.717, 1.165) is 21.6 Å². The van der Waals surface area contributed by atoms with Crippen LogP contribution in [-0.4, -0.2) is 57.0 Å². The summed E-state index contributed by atoms with van der Waals surface area (Å²) in [5.74, 6) is -4.49. The van der Waals surface area contributed by atoms with Crippen LogP contribution >= 0.6 is 0 Å². The van der Waals surface area contributed by atoms with E-state index in [1.807, 2.05) is 30.3 Å². The molecule has 1 aliphatic heterocycles. The van der Waals surface area contributed by atoms with Crippen molar-refractivity contribution in [3.05, 3.63) is 101 Å². The van der Waals surface area contributed by atoms with Gasteiger partial charge in [-0.2, -0.15) is 0 Å². The van der Waals surface area contributed by atoms with Crippen LogP contribution in [-0.2, 0) is 9.59 Å². The van der Waals surface area contributed by atoms with Gasteiger partial charge in [0.2, 0.25) is 11.8 Å². The molecule has 1 fully saturated rings. The standard InChI is InChI=1S/C33H33BFNO7/c1-19-14-25-31(33(41)36(32(25)40)24-9-5-8-23(17-24)34(42)43)26(18-37)30(19)29(39)13-11-22(21-6-3-2-4-7-21)15-20-10-12-28(38)27(35)16-20/h2-10,12,15-17,25-26,29,31,37-39,42-43H,11,13-14,18H2,1H3/b22-15-/t25-,26+,29-,31-/m1/s1. The van der Waals surface area contributed by atoms with Crippen LogP contribution in [0, 0.1) is 23.6 Å². The number of benzene rings is 3. The highest BCUT2D eigenvalue weighted by Gasteiger charge is 2.54. The Balaban J connectivity index is 1.40. The Morgan fingerprint density at radius 3 is 2.47 bits per heavy atom. The third-order valence-corrected chi connectivity index (χ3v) is 8.46. The number of aromatic hydroxyl groups is 1. The Labute approximate surface area is 249 Å². The van der Waals surface area contributed by atoms with Crippen LogP contribution in [0.25, 0.3) is 11.6 Å². The lowest BCUT2D eigenvalue weighted by atomic mass is 9.68. The largest absolute Gasteiger partial charge is 0.505 e. The molecule has 1 aliphatic carbocycles. The Bertz CT molecular complexity index is 1590. The number of hydrogen-bond acceptors (Lipinski definition) is 7. The zero-order valence-electron chi connectivity index (χ0n) is 23.6. The predicted molar refractivity (Wildman–Crippen MR) is 161 cm³/mol. The zero-order chi connectivity index (χ0) is 30.8. The molecule has 1 heterocycles. The first-order chi connectivity index (χ1) is 20.6. The van der Waals surface area contributed by atoms with Crippen LogP contribution in [0.15, 0.2) is 83.9 Å². The molecule has 0 spiro atoms. The molecule has 0 aromatic heterocycles. The van der Waals surface area contributed by atoms with E-state index in [0.29, 0.717) is 17.6 Å². The third-order valence-electron chi connectivity index (χ3n) is 8.46. The Morgan fingerprint density at radius 2 is 1.79 bits per heavy atom. The fourth-order valence-corrected chi connectivity index (χ4v) is 6.41. The van der Waals surface area contributed by atoms with Gasteiger partial charge in [0.1, 0.15) is 0 Å². The molecule has 222 valence electrons. The van der Waals surface area contributed by atoms with Gasteiger partial charge in [-0.25, -0.2) is 4.39 Å². The minimum absolute atomic E-state index is 0.134. The van der Waals surface area contributed by atoms with E-state index >= 15 is 0 Å². The number of hydrogen-bond donors (Lipinski definition) is 5. The SMILES string of the molecule is CC1=C([C@H](O)CC/C(=C/c2ccc(O)c(F)c2)c2ccccc2)[C@H](CO)[C@@H]2C(=O)N(c3cccc(B(O)O)c3)C(=O)[C@@H]2C1. The number of aliphatic hydroxyl groups is 2. The van der Waals surface area contributed by atoms with Gasteiger partial charge in [-0.1, -0.05) is 60.2 Å². The van der Waals surface area contributed by atoms with E-state index in [2.05, 4.69) is 0 Å². The summed E-state index contributed by atoms with van der Waals surface area (Å²) in [7, 11) is -1.77. The highest BCUT2D eigenvalue weighted by Crippen LogP contribution is 2.47. The number of amides is 2. The topological polar surface area (TPSA) is 139 Å². The summed E-state index contributed by atoms with van der Waals surface area (Å²) in [5, 5.41) is 50.7. The average Bonchev–Trinajstić information content (AvgIpc) is 3.25.